The van der Waals surface area contributed by atoms with Gasteiger partial charge in [0.25, 0.3) is 0 Å². The molecule has 0 atom stereocenters. The number of carbonyl (C=O) groups is 1. The molecule has 1 aromatic carbocycles. The van der Waals surface area contributed by atoms with Gasteiger partial charge in [0.05, 0.1) is 10.9 Å². The molecular weight excluding hydrogens is 405 g/mol. The maximum absolute atomic E-state index is 13.2. The quantitative estimate of drug-likeness (QED) is 0.652. The summed E-state index contributed by atoms with van der Waals surface area (Å²) >= 11 is 4.54. The van der Waals surface area contributed by atoms with Gasteiger partial charge in [-0.1, -0.05) is 23.9 Å². The molecule has 7 heteroatoms. The van der Waals surface area contributed by atoms with Crippen LogP contribution in [0.3, 0.4) is 0 Å². The average molecular weight is 418 g/mol. The van der Waals surface area contributed by atoms with Crippen LogP contribution in [0.5, 0.6) is 0 Å². The lowest BCUT2D eigenvalue weighted by Crippen LogP contribution is -2.14. The number of nitrogens with one attached hydrogen (secondary N) is 1. The van der Waals surface area contributed by atoms with Gasteiger partial charge in [0.15, 0.2) is 0 Å². The lowest BCUT2D eigenvalue weighted by atomic mass is 10.1. The van der Waals surface area contributed by atoms with E-state index in [2.05, 4.69) is 31.2 Å². The highest BCUT2D eigenvalue weighted by molar-refractivity contribution is 9.10. The van der Waals surface area contributed by atoms with Crippen LogP contribution in [0.15, 0.2) is 75.4 Å². The highest BCUT2D eigenvalue weighted by atomic mass is 79.9. The minimum Gasteiger partial charge on any atom is -0.326 e. The average Bonchev–Trinajstić information content (AvgIpc) is 2.59. The third kappa shape index (κ3) is 5.11. The Morgan fingerprint density at radius 3 is 2.68 bits per heavy atom. The first-order chi connectivity index (χ1) is 12.1. The number of carbonyl (C=O) groups excluding carboxylic acids is 1. The largest absolute Gasteiger partial charge is 0.326 e. The Morgan fingerprint density at radius 1 is 1.08 bits per heavy atom. The number of nitrogens with zero attached hydrogens (tertiary/aromatic N) is 2. The van der Waals surface area contributed by atoms with Crippen molar-refractivity contribution in [1.82, 2.24) is 9.97 Å². The molecule has 0 aliphatic heterocycles. The minimum atomic E-state index is -0.352. The number of benzene rings is 1. The fourth-order valence-corrected chi connectivity index (χ4v) is 3.30. The Kier molecular flexibility index (Phi) is 5.78. The van der Waals surface area contributed by atoms with E-state index >= 15 is 0 Å². The third-order valence-corrected chi connectivity index (χ3v) is 4.70. The van der Waals surface area contributed by atoms with Crippen molar-refractivity contribution in [2.24, 2.45) is 0 Å². The number of amides is 1. The molecule has 0 unspecified atom stereocenters. The van der Waals surface area contributed by atoms with Crippen LogP contribution in [-0.2, 0) is 11.2 Å². The number of pyridine rings is 2. The van der Waals surface area contributed by atoms with Crippen LogP contribution in [-0.4, -0.2) is 15.9 Å². The molecule has 25 heavy (non-hydrogen) atoms. The SMILES string of the molecule is O=C(Cc1ccc(F)c(Br)c1)Nc1ccnc(Sc2ccccn2)c1. The summed E-state index contributed by atoms with van der Waals surface area (Å²) in [6.07, 6.45) is 3.51. The molecule has 0 aliphatic carbocycles. The standard InChI is InChI=1S/C18H13BrFN3OS/c19-14-9-12(4-5-15(14)20)10-16(24)23-13-6-8-22-18(11-13)25-17-3-1-2-7-21-17/h1-9,11H,10H2,(H,22,23,24). The second-order valence-electron chi connectivity index (χ2n) is 5.13. The smallest absolute Gasteiger partial charge is 0.228 e. The molecule has 2 heterocycles. The first kappa shape index (κ1) is 17.6. The van der Waals surface area contributed by atoms with Gasteiger partial charge in [-0.15, -0.1) is 0 Å². The summed E-state index contributed by atoms with van der Waals surface area (Å²) < 4.78 is 13.6. The number of aromatic nitrogens is 2. The summed E-state index contributed by atoms with van der Waals surface area (Å²) in [7, 11) is 0. The summed E-state index contributed by atoms with van der Waals surface area (Å²) in [5, 5.41) is 4.39. The number of hydrogen-bond donors (Lipinski definition) is 1. The van der Waals surface area contributed by atoms with Crippen molar-refractivity contribution < 1.29 is 9.18 Å². The number of rotatable bonds is 5. The maximum atomic E-state index is 13.2. The highest BCUT2D eigenvalue weighted by Crippen LogP contribution is 2.25. The van der Waals surface area contributed by atoms with Gasteiger partial charge in [-0.05, 0) is 57.9 Å². The summed E-state index contributed by atoms with van der Waals surface area (Å²) in [6, 6.07) is 13.7. The topological polar surface area (TPSA) is 54.9 Å². The van der Waals surface area contributed by atoms with E-state index in [-0.39, 0.29) is 18.1 Å². The zero-order valence-corrected chi connectivity index (χ0v) is 15.3. The van der Waals surface area contributed by atoms with Gasteiger partial charge in [-0.25, -0.2) is 14.4 Å². The molecule has 0 spiro atoms. The van der Waals surface area contributed by atoms with Crippen molar-refractivity contribution in [2.45, 2.75) is 16.5 Å². The van der Waals surface area contributed by atoms with E-state index in [0.29, 0.717) is 10.2 Å². The van der Waals surface area contributed by atoms with Gasteiger partial charge < -0.3 is 5.32 Å². The highest BCUT2D eigenvalue weighted by Gasteiger charge is 2.08. The first-order valence-corrected chi connectivity index (χ1v) is 9.00. The minimum absolute atomic E-state index is 0.157. The molecule has 1 N–H and O–H groups in total. The molecule has 2 aromatic heterocycles. The fourth-order valence-electron chi connectivity index (χ4n) is 2.10. The van der Waals surface area contributed by atoms with Gasteiger partial charge in [0.2, 0.25) is 5.91 Å². The zero-order valence-electron chi connectivity index (χ0n) is 12.9. The predicted molar refractivity (Wildman–Crippen MR) is 99.0 cm³/mol. The molecule has 0 saturated carbocycles. The Balaban J connectivity index is 1.65. The van der Waals surface area contributed by atoms with Gasteiger partial charge in [-0.2, -0.15) is 0 Å². The number of halogens is 2. The van der Waals surface area contributed by atoms with E-state index in [1.54, 1.807) is 36.7 Å². The molecule has 0 aliphatic rings. The Morgan fingerprint density at radius 2 is 1.92 bits per heavy atom. The van der Waals surface area contributed by atoms with Crippen LogP contribution < -0.4 is 5.32 Å². The summed E-state index contributed by atoms with van der Waals surface area (Å²) in [6.45, 7) is 0. The van der Waals surface area contributed by atoms with Crippen LogP contribution >= 0.6 is 27.7 Å². The monoisotopic (exact) mass is 417 g/mol. The summed E-state index contributed by atoms with van der Waals surface area (Å²) in [4.78, 5) is 20.7. The third-order valence-electron chi connectivity index (χ3n) is 3.21. The van der Waals surface area contributed by atoms with E-state index in [1.165, 1.54) is 17.8 Å². The number of anilines is 1. The van der Waals surface area contributed by atoms with Crippen LogP contribution in [0.1, 0.15) is 5.56 Å². The number of hydrogen-bond acceptors (Lipinski definition) is 4. The van der Waals surface area contributed by atoms with E-state index in [0.717, 1.165) is 15.6 Å². The molecule has 1 amide bonds. The van der Waals surface area contributed by atoms with Gasteiger partial charge in [0, 0.05) is 18.1 Å². The Labute approximate surface area is 157 Å². The van der Waals surface area contributed by atoms with Crippen LogP contribution in [0.25, 0.3) is 0 Å². The van der Waals surface area contributed by atoms with Crippen molar-refractivity contribution >= 4 is 39.3 Å². The molecule has 0 saturated heterocycles. The summed E-state index contributed by atoms with van der Waals surface area (Å²) in [5.74, 6) is -0.534. The van der Waals surface area contributed by atoms with Crippen molar-refractivity contribution in [2.75, 3.05) is 5.32 Å². The lowest BCUT2D eigenvalue weighted by molar-refractivity contribution is -0.115. The summed E-state index contributed by atoms with van der Waals surface area (Å²) in [5.41, 5.74) is 1.38. The lowest BCUT2D eigenvalue weighted by Gasteiger charge is -2.07. The molecule has 0 fully saturated rings. The van der Waals surface area contributed by atoms with Crippen molar-refractivity contribution in [3.05, 3.63) is 76.8 Å². The van der Waals surface area contributed by atoms with Crippen molar-refractivity contribution in [1.29, 1.82) is 0 Å². The van der Waals surface area contributed by atoms with E-state index < -0.39 is 0 Å². The van der Waals surface area contributed by atoms with Gasteiger partial charge >= 0.3 is 0 Å². The second kappa shape index (κ2) is 8.22. The molecule has 0 bridgehead atoms. The predicted octanol–water partition coefficient (Wildman–Crippen LogP) is 4.71. The normalized spacial score (nSPS) is 10.5. The van der Waals surface area contributed by atoms with E-state index in [9.17, 15) is 9.18 Å². The van der Waals surface area contributed by atoms with Gasteiger partial charge in [0.1, 0.15) is 15.9 Å². The van der Waals surface area contributed by atoms with E-state index in [4.69, 9.17) is 0 Å². The first-order valence-electron chi connectivity index (χ1n) is 7.39. The van der Waals surface area contributed by atoms with Gasteiger partial charge in [-0.3, -0.25) is 4.79 Å². The zero-order chi connectivity index (χ0) is 17.6. The van der Waals surface area contributed by atoms with Crippen molar-refractivity contribution in [3.63, 3.8) is 0 Å². The second-order valence-corrected chi connectivity index (χ2v) is 7.02. The maximum Gasteiger partial charge on any atom is 0.228 e. The molecule has 3 rings (SSSR count). The van der Waals surface area contributed by atoms with E-state index in [1.807, 2.05) is 18.2 Å². The molecular formula is C18H13BrFN3OS. The van der Waals surface area contributed by atoms with Crippen LogP contribution in [0.2, 0.25) is 0 Å². The Bertz CT molecular complexity index is 892. The molecule has 126 valence electrons. The molecule has 3 aromatic rings. The molecule has 0 radical (unpaired) electrons. The Hall–Kier alpha value is -2.25. The van der Waals surface area contributed by atoms with Crippen molar-refractivity contribution in [3.8, 4) is 0 Å². The van der Waals surface area contributed by atoms with Crippen LogP contribution in [0.4, 0.5) is 10.1 Å². The fraction of sp³-hybridized carbons (Fsp3) is 0.0556. The van der Waals surface area contributed by atoms with Crippen LogP contribution in [0, 0.1) is 5.82 Å². The molecule has 4 nitrogen and oxygen atoms in total.